The summed E-state index contributed by atoms with van der Waals surface area (Å²) in [6.07, 6.45) is 1.10. The Morgan fingerprint density at radius 3 is 2.61 bits per heavy atom. The monoisotopic (exact) mass is 380 g/mol. The first-order chi connectivity index (χ1) is 8.54. The highest BCUT2D eigenvalue weighted by Gasteiger charge is 2.35. The molecule has 0 amide bonds. The molecule has 0 aromatic heterocycles. The predicted molar refractivity (Wildman–Crippen MR) is 74.1 cm³/mol. The van der Waals surface area contributed by atoms with Gasteiger partial charge >= 0.3 is 11.9 Å². The van der Waals surface area contributed by atoms with Crippen LogP contribution in [0.1, 0.15) is 33.1 Å². The van der Waals surface area contributed by atoms with Gasteiger partial charge in [0.1, 0.15) is 6.10 Å². The fourth-order valence-corrected chi connectivity index (χ4v) is 2.77. The summed E-state index contributed by atoms with van der Waals surface area (Å²) in [5.41, 5.74) is 0.365. The van der Waals surface area contributed by atoms with E-state index in [0.29, 0.717) is 22.2 Å². The number of ether oxygens (including phenoxy) is 2. The van der Waals surface area contributed by atoms with E-state index in [1.165, 1.54) is 4.99 Å². The highest BCUT2D eigenvalue weighted by atomic mass is 79.9. The lowest BCUT2D eigenvalue weighted by Gasteiger charge is -2.16. The second-order valence-corrected chi connectivity index (χ2v) is 4.96. The molecule has 1 aliphatic heterocycles. The number of carbonyl (C=O) groups excluding carboxylic acids is 2. The Labute approximate surface area is 123 Å². The summed E-state index contributed by atoms with van der Waals surface area (Å²) in [4.78, 5) is 24.7. The van der Waals surface area contributed by atoms with Crippen LogP contribution in [0.2, 0.25) is 0 Å². The van der Waals surface area contributed by atoms with E-state index >= 15 is 0 Å². The van der Waals surface area contributed by atoms with Crippen LogP contribution in [-0.4, -0.2) is 18.0 Å². The van der Waals surface area contributed by atoms with Gasteiger partial charge in [-0.25, -0.2) is 4.79 Å². The number of rotatable bonds is 5. The maximum absolute atomic E-state index is 11.8. The topological polar surface area (TPSA) is 52.6 Å². The van der Waals surface area contributed by atoms with Gasteiger partial charge in [0, 0.05) is 11.4 Å². The molecule has 6 heteroatoms. The number of hydrogen-bond donors (Lipinski definition) is 0. The molecule has 18 heavy (non-hydrogen) atoms. The average Bonchev–Trinajstić information content (AvgIpc) is 2.63. The quantitative estimate of drug-likeness (QED) is 0.683. The van der Waals surface area contributed by atoms with Gasteiger partial charge in [-0.15, -0.1) is 0 Å². The van der Waals surface area contributed by atoms with Crippen molar-refractivity contribution < 1.29 is 19.1 Å². The van der Waals surface area contributed by atoms with Crippen LogP contribution in [0.5, 0.6) is 0 Å². The van der Waals surface area contributed by atoms with Gasteiger partial charge in [0.25, 0.3) is 0 Å². The summed E-state index contributed by atoms with van der Waals surface area (Å²) < 4.78 is 10.9. The van der Waals surface area contributed by atoms with Crippen molar-refractivity contribution in [2.75, 3.05) is 0 Å². The van der Waals surface area contributed by atoms with Crippen molar-refractivity contribution in [1.29, 1.82) is 0 Å². The third kappa shape index (κ3) is 3.45. The maximum Gasteiger partial charge on any atom is 0.344 e. The standard InChI is InChI=1S/C12H14Br2O4/c1-3-5-7(17-9(15)4-2)10-11(14)8(6-13)18-12(10)16/h6-7H,3-5H2,1-2H3. The molecule has 1 rings (SSSR count). The molecular formula is C12H14Br2O4. The van der Waals surface area contributed by atoms with Crippen LogP contribution in [0.25, 0.3) is 0 Å². The predicted octanol–water partition coefficient (Wildman–Crippen LogP) is 3.55. The first kappa shape index (κ1) is 15.4. The van der Waals surface area contributed by atoms with Crippen molar-refractivity contribution >= 4 is 43.8 Å². The van der Waals surface area contributed by atoms with Gasteiger partial charge in [-0.1, -0.05) is 36.2 Å². The number of esters is 2. The number of carbonyl (C=O) groups is 2. The van der Waals surface area contributed by atoms with Gasteiger partial charge in [-0.2, -0.15) is 0 Å². The lowest BCUT2D eigenvalue weighted by Crippen LogP contribution is -2.23. The molecule has 4 nitrogen and oxygen atoms in total. The van der Waals surface area contributed by atoms with Crippen molar-refractivity contribution in [2.24, 2.45) is 0 Å². The largest absolute Gasteiger partial charge is 0.457 e. The second-order valence-electron chi connectivity index (χ2n) is 3.71. The summed E-state index contributed by atoms with van der Waals surface area (Å²) in [5.74, 6) is -0.413. The SMILES string of the molecule is CCCC(OC(=O)CC)C1=C(Br)C(=CBr)OC1=O. The van der Waals surface area contributed by atoms with E-state index in [4.69, 9.17) is 9.47 Å². The van der Waals surface area contributed by atoms with Crippen molar-refractivity contribution in [3.63, 3.8) is 0 Å². The minimum Gasteiger partial charge on any atom is -0.457 e. The number of halogens is 2. The molecule has 100 valence electrons. The third-order valence-corrected chi connectivity index (χ3v) is 3.64. The van der Waals surface area contributed by atoms with E-state index in [0.717, 1.165) is 6.42 Å². The van der Waals surface area contributed by atoms with Crippen molar-refractivity contribution in [3.05, 3.63) is 20.8 Å². The molecule has 0 saturated carbocycles. The Morgan fingerprint density at radius 1 is 1.50 bits per heavy atom. The summed E-state index contributed by atoms with van der Waals surface area (Å²) >= 11 is 6.41. The minimum atomic E-state index is -0.561. The fraction of sp³-hybridized carbons (Fsp3) is 0.500. The van der Waals surface area contributed by atoms with E-state index in [9.17, 15) is 9.59 Å². The Hall–Kier alpha value is -0.620. The molecule has 0 aromatic carbocycles. The molecule has 0 aliphatic carbocycles. The number of cyclic esters (lactones) is 1. The zero-order chi connectivity index (χ0) is 13.7. The Morgan fingerprint density at radius 2 is 2.17 bits per heavy atom. The van der Waals surface area contributed by atoms with E-state index in [1.54, 1.807) is 6.92 Å². The molecule has 0 N–H and O–H groups in total. The molecule has 0 aromatic rings. The van der Waals surface area contributed by atoms with Gasteiger partial charge in [0.2, 0.25) is 0 Å². The second kappa shape index (κ2) is 7.09. The maximum atomic E-state index is 11.8. The van der Waals surface area contributed by atoms with Gasteiger partial charge in [-0.3, -0.25) is 4.79 Å². The molecule has 0 radical (unpaired) electrons. The Kier molecular flexibility index (Phi) is 6.08. The molecule has 0 fully saturated rings. The Bertz CT molecular complexity index is 412. The average molecular weight is 382 g/mol. The fourth-order valence-electron chi connectivity index (χ4n) is 1.53. The molecule has 1 heterocycles. The van der Waals surface area contributed by atoms with E-state index in [1.807, 2.05) is 6.92 Å². The van der Waals surface area contributed by atoms with Crippen molar-refractivity contribution in [2.45, 2.75) is 39.2 Å². The van der Waals surface area contributed by atoms with Gasteiger partial charge in [0.15, 0.2) is 5.76 Å². The van der Waals surface area contributed by atoms with Gasteiger partial charge in [-0.05, 0) is 22.4 Å². The minimum absolute atomic E-state index is 0.279. The van der Waals surface area contributed by atoms with E-state index in [-0.39, 0.29) is 12.4 Å². The molecule has 1 atom stereocenters. The van der Waals surface area contributed by atoms with Crippen molar-refractivity contribution in [1.82, 2.24) is 0 Å². The van der Waals surface area contributed by atoms with Crippen LogP contribution in [0.15, 0.2) is 20.8 Å². The van der Waals surface area contributed by atoms with E-state index in [2.05, 4.69) is 31.9 Å². The van der Waals surface area contributed by atoms with Crippen LogP contribution in [0.4, 0.5) is 0 Å². The van der Waals surface area contributed by atoms with Crippen LogP contribution in [0.3, 0.4) is 0 Å². The van der Waals surface area contributed by atoms with Crippen LogP contribution in [0, 0.1) is 0 Å². The highest BCUT2D eigenvalue weighted by molar-refractivity contribution is 9.12. The number of allylic oxidation sites excluding steroid dienone is 1. The van der Waals surface area contributed by atoms with Crippen LogP contribution in [-0.2, 0) is 19.1 Å². The highest BCUT2D eigenvalue weighted by Crippen LogP contribution is 2.35. The molecule has 1 aliphatic rings. The smallest absolute Gasteiger partial charge is 0.344 e. The molecule has 0 spiro atoms. The van der Waals surface area contributed by atoms with Gasteiger partial charge < -0.3 is 9.47 Å². The van der Waals surface area contributed by atoms with Crippen molar-refractivity contribution in [3.8, 4) is 0 Å². The lowest BCUT2D eigenvalue weighted by atomic mass is 10.1. The lowest BCUT2D eigenvalue weighted by molar-refractivity contribution is -0.148. The van der Waals surface area contributed by atoms with Gasteiger partial charge in [0.05, 0.1) is 10.1 Å². The first-order valence-corrected chi connectivity index (χ1v) is 7.38. The molecule has 0 bridgehead atoms. The van der Waals surface area contributed by atoms with Crippen LogP contribution >= 0.6 is 31.9 Å². The zero-order valence-corrected chi connectivity index (χ0v) is 13.3. The summed E-state index contributed by atoms with van der Waals surface area (Å²) in [6.45, 7) is 3.67. The normalized spacial score (nSPS) is 19.1. The molecule has 0 saturated heterocycles. The third-order valence-electron chi connectivity index (χ3n) is 2.41. The number of hydrogen-bond acceptors (Lipinski definition) is 4. The molecule has 1 unspecified atom stereocenters. The summed E-state index contributed by atoms with van der Waals surface area (Å²) in [5, 5.41) is 0. The first-order valence-electron chi connectivity index (χ1n) is 5.67. The summed E-state index contributed by atoms with van der Waals surface area (Å²) in [6, 6.07) is 0. The van der Waals surface area contributed by atoms with Crippen LogP contribution < -0.4 is 0 Å². The zero-order valence-electron chi connectivity index (χ0n) is 10.2. The summed E-state index contributed by atoms with van der Waals surface area (Å²) in [7, 11) is 0. The molecular weight excluding hydrogens is 368 g/mol. The Balaban J connectivity index is 3.01. The van der Waals surface area contributed by atoms with E-state index < -0.39 is 12.1 Å².